The fraction of sp³-hybridized carbons (Fsp3) is 0.462. The average molecular weight is 474 g/mol. The zero-order chi connectivity index (χ0) is 23.5. The van der Waals surface area contributed by atoms with Crippen LogP contribution in [-0.4, -0.2) is 51.0 Å². The van der Waals surface area contributed by atoms with Crippen LogP contribution in [0.15, 0.2) is 42.0 Å². The summed E-state index contributed by atoms with van der Waals surface area (Å²) >= 11 is 0. The summed E-state index contributed by atoms with van der Waals surface area (Å²) in [5.41, 5.74) is 2.99. The van der Waals surface area contributed by atoms with E-state index in [-0.39, 0.29) is 18.9 Å². The third kappa shape index (κ3) is 5.18. The molecule has 34 heavy (non-hydrogen) atoms. The molecule has 3 aliphatic heterocycles. The highest BCUT2D eigenvalue weighted by Crippen LogP contribution is 2.41. The molecule has 2 aromatic carbocycles. The van der Waals surface area contributed by atoms with Crippen LogP contribution in [0.3, 0.4) is 0 Å². The first-order valence-corrected chi connectivity index (χ1v) is 11.9. The van der Waals surface area contributed by atoms with E-state index in [9.17, 15) is 13.2 Å². The summed E-state index contributed by atoms with van der Waals surface area (Å²) < 4.78 is 51.1. The molecule has 3 aliphatic rings. The summed E-state index contributed by atoms with van der Waals surface area (Å²) in [5.74, 6) is 1.50. The number of hydrogen-bond acceptors (Lipinski definition) is 5. The number of nitrogens with zero attached hydrogens (tertiary/aromatic N) is 2. The van der Waals surface area contributed by atoms with Crippen molar-refractivity contribution in [3.8, 4) is 11.5 Å². The van der Waals surface area contributed by atoms with Gasteiger partial charge in [0.2, 0.25) is 6.79 Å². The van der Waals surface area contributed by atoms with Crippen LogP contribution < -0.4 is 19.7 Å². The van der Waals surface area contributed by atoms with E-state index in [1.807, 2.05) is 12.1 Å². The Morgan fingerprint density at radius 2 is 1.68 bits per heavy atom. The van der Waals surface area contributed by atoms with Crippen molar-refractivity contribution < 1.29 is 22.6 Å². The molecular formula is C26H30F3N3O2. The minimum absolute atomic E-state index is 0.162. The fourth-order valence-corrected chi connectivity index (χ4v) is 4.99. The van der Waals surface area contributed by atoms with Gasteiger partial charge in [0.05, 0.1) is 5.56 Å². The normalized spacial score (nSPS) is 18.1. The van der Waals surface area contributed by atoms with Crippen molar-refractivity contribution in [2.45, 2.75) is 32.0 Å². The van der Waals surface area contributed by atoms with Crippen molar-refractivity contribution in [2.75, 3.05) is 51.0 Å². The van der Waals surface area contributed by atoms with Gasteiger partial charge >= 0.3 is 6.18 Å². The molecule has 2 aromatic rings. The molecule has 1 saturated heterocycles. The molecule has 3 heterocycles. The maximum absolute atomic E-state index is 13.3. The summed E-state index contributed by atoms with van der Waals surface area (Å²) in [4.78, 5) is 4.87. The molecule has 0 spiro atoms. The van der Waals surface area contributed by atoms with Crippen molar-refractivity contribution in [1.29, 1.82) is 0 Å². The Bertz CT molecular complexity index is 1050. The molecule has 0 bridgehead atoms. The monoisotopic (exact) mass is 473 g/mol. The summed E-state index contributed by atoms with van der Waals surface area (Å²) in [6, 6.07) is 9.80. The van der Waals surface area contributed by atoms with E-state index in [0.717, 1.165) is 67.1 Å². The molecule has 5 rings (SSSR count). The average Bonchev–Trinajstić information content (AvgIpc) is 3.29. The number of rotatable bonds is 7. The maximum Gasteiger partial charge on any atom is 0.416 e. The lowest BCUT2D eigenvalue weighted by atomic mass is 10.0. The van der Waals surface area contributed by atoms with Gasteiger partial charge in [-0.2, -0.15) is 13.2 Å². The Labute approximate surface area is 198 Å². The lowest BCUT2D eigenvalue weighted by Crippen LogP contribution is -2.40. The van der Waals surface area contributed by atoms with E-state index in [1.54, 1.807) is 6.07 Å². The van der Waals surface area contributed by atoms with Gasteiger partial charge in [-0.05, 0) is 49.2 Å². The molecule has 0 unspecified atom stereocenters. The number of alkyl halides is 3. The Hall–Kier alpha value is -2.71. The molecule has 182 valence electrons. The quantitative estimate of drug-likeness (QED) is 0.618. The van der Waals surface area contributed by atoms with Crippen LogP contribution in [0.5, 0.6) is 11.5 Å². The van der Waals surface area contributed by atoms with Crippen molar-refractivity contribution in [2.24, 2.45) is 0 Å². The second kappa shape index (κ2) is 9.88. The third-order valence-electron chi connectivity index (χ3n) is 6.74. The van der Waals surface area contributed by atoms with E-state index in [1.165, 1.54) is 31.4 Å². The van der Waals surface area contributed by atoms with Gasteiger partial charge in [-0.15, -0.1) is 0 Å². The zero-order valence-electron chi connectivity index (χ0n) is 19.2. The van der Waals surface area contributed by atoms with Gasteiger partial charge in [-0.25, -0.2) is 0 Å². The first kappa shape index (κ1) is 23.1. The number of hydrogen-bond donors (Lipinski definition) is 1. The smallest absolute Gasteiger partial charge is 0.416 e. The van der Waals surface area contributed by atoms with Crippen LogP contribution >= 0.6 is 0 Å². The highest BCUT2D eigenvalue weighted by Gasteiger charge is 2.32. The highest BCUT2D eigenvalue weighted by atomic mass is 19.4. The third-order valence-corrected chi connectivity index (χ3v) is 6.74. The number of halogens is 3. The molecule has 0 aromatic heterocycles. The topological polar surface area (TPSA) is 37.0 Å². The molecule has 0 radical (unpaired) electrons. The minimum atomic E-state index is -4.35. The number of ether oxygens (including phenoxy) is 2. The predicted octanol–water partition coefficient (Wildman–Crippen LogP) is 4.91. The first-order chi connectivity index (χ1) is 16.5. The van der Waals surface area contributed by atoms with Crippen LogP contribution in [0.25, 0.3) is 6.08 Å². The van der Waals surface area contributed by atoms with Crippen molar-refractivity contribution >= 4 is 11.8 Å². The summed E-state index contributed by atoms with van der Waals surface area (Å²) in [6.07, 6.45) is 1.59. The number of fused-ring (bicyclic) bond motifs is 2. The van der Waals surface area contributed by atoms with Crippen LogP contribution in [0.2, 0.25) is 0 Å². The molecule has 8 heteroatoms. The van der Waals surface area contributed by atoms with Gasteiger partial charge in [0.1, 0.15) is 0 Å². The van der Waals surface area contributed by atoms with Gasteiger partial charge in [0, 0.05) is 50.0 Å². The number of likely N-dealkylation sites (tertiary alicyclic amines) is 1. The number of anilines is 1. The van der Waals surface area contributed by atoms with Gasteiger partial charge < -0.3 is 24.6 Å². The molecule has 0 saturated carbocycles. The lowest BCUT2D eigenvalue weighted by Gasteiger charge is -2.35. The Morgan fingerprint density at radius 1 is 0.912 bits per heavy atom. The van der Waals surface area contributed by atoms with E-state index < -0.39 is 11.7 Å². The SMILES string of the molecule is FC(F)(F)c1ccccc1CNCC1=Cc2cc3c(cc2N(CCN2CCCCC2)C1)OCO3. The molecule has 1 fully saturated rings. The number of piperidine rings is 1. The Kier molecular flexibility index (Phi) is 6.70. The van der Waals surface area contributed by atoms with Crippen molar-refractivity contribution in [3.63, 3.8) is 0 Å². The molecule has 5 nitrogen and oxygen atoms in total. The van der Waals surface area contributed by atoms with E-state index in [0.29, 0.717) is 6.54 Å². The van der Waals surface area contributed by atoms with Gasteiger partial charge in [-0.3, -0.25) is 0 Å². The molecule has 0 amide bonds. The van der Waals surface area contributed by atoms with Crippen molar-refractivity contribution in [3.05, 3.63) is 58.7 Å². The summed E-state index contributed by atoms with van der Waals surface area (Å²) in [6.45, 7) is 5.80. The van der Waals surface area contributed by atoms with E-state index >= 15 is 0 Å². The summed E-state index contributed by atoms with van der Waals surface area (Å²) in [7, 11) is 0. The number of benzene rings is 2. The Morgan fingerprint density at radius 3 is 2.47 bits per heavy atom. The van der Waals surface area contributed by atoms with Gasteiger partial charge in [0.15, 0.2) is 11.5 Å². The van der Waals surface area contributed by atoms with Crippen LogP contribution in [0.4, 0.5) is 18.9 Å². The predicted molar refractivity (Wildman–Crippen MR) is 126 cm³/mol. The van der Waals surface area contributed by atoms with Crippen LogP contribution in [0.1, 0.15) is 36.0 Å². The number of nitrogens with one attached hydrogen (secondary N) is 1. The maximum atomic E-state index is 13.3. The largest absolute Gasteiger partial charge is 0.454 e. The second-order valence-corrected chi connectivity index (χ2v) is 9.15. The van der Waals surface area contributed by atoms with Crippen molar-refractivity contribution in [1.82, 2.24) is 10.2 Å². The lowest BCUT2D eigenvalue weighted by molar-refractivity contribution is -0.138. The van der Waals surface area contributed by atoms with E-state index in [4.69, 9.17) is 9.47 Å². The molecule has 0 aliphatic carbocycles. The highest BCUT2D eigenvalue weighted by molar-refractivity contribution is 5.77. The molecular weight excluding hydrogens is 443 g/mol. The molecule has 0 atom stereocenters. The van der Waals surface area contributed by atoms with Crippen LogP contribution in [0, 0.1) is 0 Å². The Balaban J connectivity index is 1.30. The molecule has 1 N–H and O–H groups in total. The fourth-order valence-electron chi connectivity index (χ4n) is 4.99. The standard InChI is InChI=1S/C26H30F3N3O2/c27-26(28,29)22-7-3-2-6-20(22)16-30-15-19-12-21-13-24-25(34-18-33-24)14-23(21)32(17-19)11-10-31-8-4-1-5-9-31/h2-3,6-7,12-14,30H,1,4-5,8-11,15-18H2. The first-order valence-electron chi connectivity index (χ1n) is 11.9. The summed E-state index contributed by atoms with van der Waals surface area (Å²) in [5, 5.41) is 3.23. The second-order valence-electron chi connectivity index (χ2n) is 9.15. The van der Waals surface area contributed by atoms with Gasteiger partial charge in [0.25, 0.3) is 0 Å². The van der Waals surface area contributed by atoms with Crippen LogP contribution in [-0.2, 0) is 12.7 Å². The zero-order valence-corrected chi connectivity index (χ0v) is 19.2. The van der Waals surface area contributed by atoms with Gasteiger partial charge in [-0.1, -0.05) is 30.7 Å². The van der Waals surface area contributed by atoms with E-state index in [2.05, 4.69) is 21.2 Å². The minimum Gasteiger partial charge on any atom is -0.454 e.